The van der Waals surface area contributed by atoms with Gasteiger partial charge in [-0.25, -0.2) is 0 Å². The van der Waals surface area contributed by atoms with Gasteiger partial charge >= 0.3 is 0 Å². The molecule has 2 saturated carbocycles. The Hall–Kier alpha value is -3.14. The van der Waals surface area contributed by atoms with E-state index in [1.54, 1.807) is 6.08 Å². The van der Waals surface area contributed by atoms with Crippen molar-refractivity contribution < 1.29 is 9.59 Å². The zero-order valence-electron chi connectivity index (χ0n) is 22.0. The highest BCUT2D eigenvalue weighted by molar-refractivity contribution is 5.96. The molecule has 0 aliphatic heterocycles. The van der Waals surface area contributed by atoms with Gasteiger partial charge in [-0.2, -0.15) is 0 Å². The predicted molar refractivity (Wildman–Crippen MR) is 149 cm³/mol. The molecular weight excluding hydrogens is 432 g/mol. The van der Waals surface area contributed by atoms with Gasteiger partial charge in [-0.15, -0.1) is 0 Å². The van der Waals surface area contributed by atoms with Crippen LogP contribution in [0.15, 0.2) is 78.6 Å². The lowest BCUT2D eigenvalue weighted by molar-refractivity contribution is -0.119. The van der Waals surface area contributed by atoms with Gasteiger partial charge in [0.05, 0.1) is 0 Å². The van der Waals surface area contributed by atoms with Crippen LogP contribution in [-0.4, -0.2) is 18.2 Å². The fraction of sp³-hybridized carbons (Fsp3) is 0.419. The Morgan fingerprint density at radius 3 is 2.29 bits per heavy atom. The van der Waals surface area contributed by atoms with E-state index in [0.29, 0.717) is 12.1 Å². The second-order valence-electron chi connectivity index (χ2n) is 9.53. The van der Waals surface area contributed by atoms with E-state index in [-0.39, 0.29) is 17.6 Å². The lowest BCUT2D eigenvalue weighted by Crippen LogP contribution is -2.20. The number of ketones is 1. The van der Waals surface area contributed by atoms with E-state index >= 15 is 0 Å². The van der Waals surface area contributed by atoms with Crippen molar-refractivity contribution in [3.63, 3.8) is 0 Å². The molecule has 0 radical (unpaired) electrons. The van der Waals surface area contributed by atoms with Crippen LogP contribution in [0.5, 0.6) is 0 Å². The number of anilines is 1. The fourth-order valence-electron chi connectivity index (χ4n) is 3.76. The summed E-state index contributed by atoms with van der Waals surface area (Å²) in [6.45, 7) is 16.5. The summed E-state index contributed by atoms with van der Waals surface area (Å²) in [5.41, 5.74) is 4.66. The smallest absolute Gasteiger partial charge is 0.227 e. The monoisotopic (exact) mass is 474 g/mol. The molecule has 2 N–H and O–H groups in total. The molecule has 4 nitrogen and oxygen atoms in total. The van der Waals surface area contributed by atoms with E-state index in [1.165, 1.54) is 19.8 Å². The number of carbonyl (C=O) groups is 2. The molecule has 0 bridgehead atoms. The van der Waals surface area contributed by atoms with Crippen LogP contribution in [0, 0.1) is 11.8 Å². The SMILES string of the molecule is C=C(/C=C(NCC)/C(/C=C\C)=C/C(=C)c1cccc(NC(=O)C2CCCC2)c1)C(C)=O.CC1CC1. The van der Waals surface area contributed by atoms with E-state index in [4.69, 9.17) is 0 Å². The maximum atomic E-state index is 12.5. The van der Waals surface area contributed by atoms with Crippen LogP contribution in [0.25, 0.3) is 5.57 Å². The number of Topliss-reactive ketones (excluding diaryl/α,β-unsaturated/α-hetero) is 1. The number of rotatable bonds is 10. The van der Waals surface area contributed by atoms with Gasteiger partial charge in [-0.3, -0.25) is 9.59 Å². The van der Waals surface area contributed by atoms with Crippen LogP contribution in [0.1, 0.15) is 71.8 Å². The molecule has 1 aromatic carbocycles. The molecule has 0 spiro atoms. The van der Waals surface area contributed by atoms with Gasteiger partial charge in [0.15, 0.2) is 5.78 Å². The molecule has 0 unspecified atom stereocenters. The number of benzene rings is 1. The van der Waals surface area contributed by atoms with Gasteiger partial charge in [0.25, 0.3) is 0 Å². The van der Waals surface area contributed by atoms with Crippen molar-refractivity contribution in [2.75, 3.05) is 11.9 Å². The zero-order valence-corrected chi connectivity index (χ0v) is 22.0. The first kappa shape index (κ1) is 28.1. The Labute approximate surface area is 212 Å². The van der Waals surface area contributed by atoms with Gasteiger partial charge < -0.3 is 10.6 Å². The number of hydrogen-bond donors (Lipinski definition) is 2. The topological polar surface area (TPSA) is 58.2 Å². The first-order valence-corrected chi connectivity index (χ1v) is 12.9. The molecule has 0 atom stereocenters. The fourth-order valence-corrected chi connectivity index (χ4v) is 3.76. The number of hydrogen-bond acceptors (Lipinski definition) is 3. The Morgan fingerprint density at radius 1 is 1.09 bits per heavy atom. The highest BCUT2D eigenvalue weighted by Gasteiger charge is 2.22. The molecule has 0 saturated heterocycles. The molecular formula is C31H42N2O2. The van der Waals surface area contributed by atoms with Crippen LogP contribution >= 0.6 is 0 Å². The van der Waals surface area contributed by atoms with Gasteiger partial charge in [-0.1, -0.05) is 70.0 Å². The summed E-state index contributed by atoms with van der Waals surface area (Å²) in [7, 11) is 0. The van der Waals surface area contributed by atoms with Crippen LogP contribution in [-0.2, 0) is 9.59 Å². The molecule has 2 aliphatic rings. The van der Waals surface area contributed by atoms with Crippen LogP contribution < -0.4 is 10.6 Å². The van der Waals surface area contributed by atoms with Gasteiger partial charge in [0.2, 0.25) is 5.91 Å². The maximum absolute atomic E-state index is 12.5. The number of allylic oxidation sites excluding steroid dienone is 6. The van der Waals surface area contributed by atoms with E-state index in [0.717, 1.165) is 59.7 Å². The van der Waals surface area contributed by atoms with Crippen molar-refractivity contribution in [1.29, 1.82) is 0 Å². The summed E-state index contributed by atoms with van der Waals surface area (Å²) >= 11 is 0. The largest absolute Gasteiger partial charge is 0.385 e. The third-order valence-corrected chi connectivity index (χ3v) is 6.22. The summed E-state index contributed by atoms with van der Waals surface area (Å²) in [5, 5.41) is 6.36. The first-order chi connectivity index (χ1) is 16.7. The molecule has 0 aromatic heterocycles. The molecule has 35 heavy (non-hydrogen) atoms. The lowest BCUT2D eigenvalue weighted by Gasteiger charge is -2.14. The van der Waals surface area contributed by atoms with Crippen molar-refractivity contribution in [3.05, 3.63) is 84.1 Å². The average molecular weight is 475 g/mol. The number of nitrogens with one attached hydrogen (secondary N) is 2. The summed E-state index contributed by atoms with van der Waals surface area (Å²) in [5.74, 6) is 1.24. The second-order valence-corrected chi connectivity index (χ2v) is 9.53. The van der Waals surface area contributed by atoms with Crippen LogP contribution in [0.3, 0.4) is 0 Å². The Morgan fingerprint density at radius 2 is 1.74 bits per heavy atom. The normalized spacial score (nSPS) is 16.5. The van der Waals surface area contributed by atoms with Crippen molar-refractivity contribution in [1.82, 2.24) is 5.32 Å². The van der Waals surface area contributed by atoms with Crippen LogP contribution in [0.4, 0.5) is 5.69 Å². The highest BCUT2D eigenvalue weighted by atomic mass is 16.2. The van der Waals surface area contributed by atoms with Gasteiger partial charge in [-0.05, 0) is 80.5 Å². The lowest BCUT2D eigenvalue weighted by atomic mass is 10.0. The summed E-state index contributed by atoms with van der Waals surface area (Å²) in [4.78, 5) is 24.1. The number of likely N-dealkylation sites (N-methyl/N-ethyl adjacent to an activating group) is 1. The molecule has 1 amide bonds. The standard InChI is InChI=1S/C27H34N2O2.C4H8/c1-6-11-24(26(28-7-2)17-19(3)21(5)30)16-20(4)23-14-10-15-25(18-23)29-27(31)22-12-8-9-13-22;1-4-2-3-4/h6,10-11,14-18,22,28H,3-4,7-9,12-13H2,1-2,5H3,(H,29,31);4H,2-3H2,1H3/b11-6-,24-16+,26-17-;. The second kappa shape index (κ2) is 14.3. The summed E-state index contributed by atoms with van der Waals surface area (Å²) in [6.07, 6.45) is 14.8. The Kier molecular flexibility index (Phi) is 11.5. The number of carbonyl (C=O) groups excluding carboxylic acids is 2. The van der Waals surface area contributed by atoms with E-state index < -0.39 is 0 Å². The molecule has 1 aromatic rings. The van der Waals surface area contributed by atoms with Gasteiger partial charge in [0.1, 0.15) is 0 Å². The molecule has 188 valence electrons. The minimum absolute atomic E-state index is 0.0697. The minimum Gasteiger partial charge on any atom is -0.385 e. The van der Waals surface area contributed by atoms with Crippen molar-refractivity contribution >= 4 is 23.0 Å². The summed E-state index contributed by atoms with van der Waals surface area (Å²) in [6, 6.07) is 7.75. The quantitative estimate of drug-likeness (QED) is 0.275. The Bertz CT molecular complexity index is 1000. The molecule has 3 rings (SSSR count). The maximum Gasteiger partial charge on any atom is 0.227 e. The predicted octanol–water partition coefficient (Wildman–Crippen LogP) is 7.39. The highest BCUT2D eigenvalue weighted by Crippen LogP contribution is 2.28. The van der Waals surface area contributed by atoms with Crippen LogP contribution in [0.2, 0.25) is 0 Å². The van der Waals surface area contributed by atoms with Crippen molar-refractivity contribution in [2.24, 2.45) is 11.8 Å². The number of amides is 1. The zero-order chi connectivity index (χ0) is 25.8. The molecule has 0 heterocycles. The summed E-state index contributed by atoms with van der Waals surface area (Å²) < 4.78 is 0. The van der Waals surface area contributed by atoms with Crippen molar-refractivity contribution in [3.8, 4) is 0 Å². The first-order valence-electron chi connectivity index (χ1n) is 12.9. The average Bonchev–Trinajstić information content (AvgIpc) is 3.41. The third kappa shape index (κ3) is 9.94. The third-order valence-electron chi connectivity index (χ3n) is 6.22. The minimum atomic E-state index is -0.0697. The van der Waals surface area contributed by atoms with Gasteiger partial charge in [0, 0.05) is 29.4 Å². The van der Waals surface area contributed by atoms with E-state index in [1.807, 2.05) is 56.3 Å². The Balaban J connectivity index is 0.000000975. The van der Waals surface area contributed by atoms with Crippen molar-refractivity contribution in [2.45, 2.75) is 66.2 Å². The molecule has 2 aliphatic carbocycles. The molecule has 2 fully saturated rings. The van der Waals surface area contributed by atoms with E-state index in [2.05, 4.69) is 30.7 Å². The molecule has 4 heteroatoms. The van der Waals surface area contributed by atoms with E-state index in [9.17, 15) is 9.59 Å².